The highest BCUT2D eigenvalue weighted by atomic mass is 16.1. The van der Waals surface area contributed by atoms with Gasteiger partial charge in [-0.1, -0.05) is 85.0 Å². The van der Waals surface area contributed by atoms with Crippen LogP contribution in [0.3, 0.4) is 0 Å². The highest BCUT2D eigenvalue weighted by Crippen LogP contribution is 2.31. The summed E-state index contributed by atoms with van der Waals surface area (Å²) in [4.78, 5) is 40.0. The van der Waals surface area contributed by atoms with Crippen LogP contribution in [0.5, 0.6) is 0 Å². The van der Waals surface area contributed by atoms with Gasteiger partial charge in [0.25, 0.3) is 0 Å². The number of aliphatic imine (C=N–C) groups is 1. The minimum atomic E-state index is -0.654. The lowest BCUT2D eigenvalue weighted by Gasteiger charge is -2.23. The number of benzene rings is 2. The first kappa shape index (κ1) is 20.6. The molecule has 0 saturated carbocycles. The average molecular weight is 431 g/mol. The van der Waals surface area contributed by atoms with Crippen LogP contribution in [0.4, 0.5) is 0 Å². The number of carbonyl (C=O) groups is 2. The lowest BCUT2D eigenvalue weighted by molar-refractivity contribution is -0.120. The molecule has 2 aliphatic rings. The molecule has 2 atom stereocenters. The van der Waals surface area contributed by atoms with Gasteiger partial charge in [-0.2, -0.15) is 0 Å². The molecule has 0 spiro atoms. The molecule has 0 fully saturated rings. The maximum Gasteiger partial charge on any atom is 0.188 e. The van der Waals surface area contributed by atoms with Crippen molar-refractivity contribution in [1.29, 1.82) is 0 Å². The molecule has 1 aliphatic carbocycles. The molecule has 0 amide bonds. The zero-order chi connectivity index (χ0) is 22.6. The van der Waals surface area contributed by atoms with Crippen LogP contribution in [0.25, 0.3) is 11.3 Å². The minimum absolute atomic E-state index is 0.144. The van der Waals surface area contributed by atoms with Gasteiger partial charge in [0.15, 0.2) is 11.6 Å². The number of aromatic nitrogens is 2. The van der Waals surface area contributed by atoms with Crippen LogP contribution < -0.4 is 0 Å². The normalized spacial score (nSPS) is 19.9. The van der Waals surface area contributed by atoms with Crippen molar-refractivity contribution in [2.45, 2.75) is 12.3 Å². The van der Waals surface area contributed by atoms with E-state index in [0.29, 0.717) is 23.5 Å². The number of hydrogen-bond donors (Lipinski definition) is 0. The lowest BCUT2D eigenvalue weighted by Crippen LogP contribution is -2.32. The molecular formula is C28H21N3O2. The van der Waals surface area contributed by atoms with E-state index in [2.05, 4.69) is 15.0 Å². The van der Waals surface area contributed by atoms with Crippen molar-refractivity contribution in [1.82, 2.24) is 9.97 Å². The Bertz CT molecular complexity index is 1320. The quantitative estimate of drug-likeness (QED) is 0.588. The Morgan fingerprint density at radius 2 is 1.55 bits per heavy atom. The first-order chi connectivity index (χ1) is 16.2. The molecule has 2 unspecified atom stereocenters. The number of Topliss-reactive ketones (excluding diaryl/α,β-unsaturated/α-hetero) is 2. The fourth-order valence-corrected chi connectivity index (χ4v) is 4.09. The first-order valence-electron chi connectivity index (χ1n) is 10.8. The highest BCUT2D eigenvalue weighted by molar-refractivity contribution is 6.43. The summed E-state index contributed by atoms with van der Waals surface area (Å²) in [6, 6.07) is 21.3. The maximum absolute atomic E-state index is 13.5. The Kier molecular flexibility index (Phi) is 5.68. The fraction of sp³-hybridized carbons (Fsp3) is 0.107. The van der Waals surface area contributed by atoms with E-state index in [4.69, 9.17) is 0 Å². The molecule has 160 valence electrons. The van der Waals surface area contributed by atoms with Crippen LogP contribution in [0.15, 0.2) is 114 Å². The van der Waals surface area contributed by atoms with E-state index >= 15 is 0 Å². The van der Waals surface area contributed by atoms with Crippen molar-refractivity contribution in [3.8, 4) is 11.3 Å². The second-order valence-electron chi connectivity index (χ2n) is 7.94. The zero-order valence-corrected chi connectivity index (χ0v) is 17.8. The van der Waals surface area contributed by atoms with Crippen LogP contribution in [0, 0.1) is 5.92 Å². The summed E-state index contributed by atoms with van der Waals surface area (Å²) in [5.74, 6) is -1.17. The van der Waals surface area contributed by atoms with Gasteiger partial charge in [-0.25, -0.2) is 9.97 Å². The Morgan fingerprint density at radius 1 is 0.788 bits per heavy atom. The third-order valence-electron chi connectivity index (χ3n) is 5.79. The molecule has 5 nitrogen and oxygen atoms in total. The molecule has 1 aliphatic heterocycles. The third-order valence-corrected chi connectivity index (χ3v) is 5.79. The van der Waals surface area contributed by atoms with Crippen molar-refractivity contribution < 1.29 is 9.59 Å². The van der Waals surface area contributed by atoms with E-state index in [1.54, 1.807) is 30.6 Å². The van der Waals surface area contributed by atoms with Crippen LogP contribution >= 0.6 is 0 Å². The Balaban J connectivity index is 1.38. The molecule has 33 heavy (non-hydrogen) atoms. The summed E-state index contributed by atoms with van der Waals surface area (Å²) in [6.45, 7) is 0. The van der Waals surface area contributed by atoms with Gasteiger partial charge in [0, 0.05) is 30.0 Å². The Morgan fingerprint density at radius 3 is 2.33 bits per heavy atom. The fourth-order valence-electron chi connectivity index (χ4n) is 4.09. The number of ketones is 2. The largest absolute Gasteiger partial charge is 0.293 e. The van der Waals surface area contributed by atoms with Crippen LogP contribution in [0.1, 0.15) is 17.3 Å². The van der Waals surface area contributed by atoms with Crippen molar-refractivity contribution >= 4 is 17.3 Å². The van der Waals surface area contributed by atoms with Crippen molar-refractivity contribution in [3.63, 3.8) is 0 Å². The minimum Gasteiger partial charge on any atom is -0.293 e. The van der Waals surface area contributed by atoms with E-state index in [9.17, 15) is 9.59 Å². The van der Waals surface area contributed by atoms with Crippen molar-refractivity contribution in [3.05, 3.63) is 120 Å². The van der Waals surface area contributed by atoms with E-state index < -0.39 is 11.8 Å². The number of allylic oxidation sites excluding steroid dienone is 5. The van der Waals surface area contributed by atoms with E-state index in [-0.39, 0.29) is 11.6 Å². The third kappa shape index (κ3) is 4.26. The van der Waals surface area contributed by atoms with Gasteiger partial charge in [0.1, 0.15) is 11.7 Å². The summed E-state index contributed by atoms with van der Waals surface area (Å²) >= 11 is 0. The van der Waals surface area contributed by atoms with Gasteiger partial charge in [0.2, 0.25) is 0 Å². The topological polar surface area (TPSA) is 72.3 Å². The van der Waals surface area contributed by atoms with E-state index in [1.165, 1.54) is 0 Å². The van der Waals surface area contributed by atoms with Gasteiger partial charge in [0.05, 0.1) is 17.3 Å². The molecular weight excluding hydrogens is 410 g/mol. The molecule has 0 bridgehead atoms. The Labute approximate surface area is 192 Å². The monoisotopic (exact) mass is 431 g/mol. The summed E-state index contributed by atoms with van der Waals surface area (Å²) in [5.41, 5.74) is 3.61. The van der Waals surface area contributed by atoms with E-state index in [1.807, 2.05) is 72.8 Å². The SMILES string of the molecule is O=C1C(Cc2ccccc2)=NC=CC1C1=CC=CC(c2nccc(-c3ccccc3)n2)C1=O. The highest BCUT2D eigenvalue weighted by Gasteiger charge is 2.35. The van der Waals surface area contributed by atoms with Gasteiger partial charge >= 0.3 is 0 Å². The maximum atomic E-state index is 13.5. The summed E-state index contributed by atoms with van der Waals surface area (Å²) in [6.07, 6.45) is 10.7. The van der Waals surface area contributed by atoms with Crippen LogP contribution in [-0.4, -0.2) is 27.2 Å². The molecule has 0 saturated heterocycles. The number of nitrogens with zero attached hydrogens (tertiary/aromatic N) is 3. The van der Waals surface area contributed by atoms with Gasteiger partial charge in [-0.3, -0.25) is 14.6 Å². The molecule has 2 aromatic carbocycles. The van der Waals surface area contributed by atoms with Gasteiger partial charge in [-0.15, -0.1) is 0 Å². The predicted octanol–water partition coefficient (Wildman–Crippen LogP) is 4.69. The standard InChI is InChI=1S/C28H21N3O2/c32-26-21(22-14-16-29-25(27(22)33)18-19-8-3-1-4-9-19)12-7-13-23(26)28-30-17-15-24(31-28)20-10-5-2-6-11-20/h1-17,22-23H,18H2. The molecule has 1 aromatic heterocycles. The van der Waals surface area contributed by atoms with Crippen molar-refractivity contribution in [2.24, 2.45) is 10.9 Å². The number of rotatable bonds is 5. The molecule has 0 radical (unpaired) electrons. The lowest BCUT2D eigenvalue weighted by atomic mass is 9.80. The molecule has 2 heterocycles. The summed E-state index contributed by atoms with van der Waals surface area (Å²) in [5, 5.41) is 0. The van der Waals surface area contributed by atoms with Gasteiger partial charge in [-0.05, 0) is 11.6 Å². The zero-order valence-electron chi connectivity index (χ0n) is 17.8. The van der Waals surface area contributed by atoms with Crippen LogP contribution in [0.2, 0.25) is 0 Å². The molecule has 5 rings (SSSR count). The van der Waals surface area contributed by atoms with Crippen LogP contribution in [-0.2, 0) is 16.0 Å². The molecule has 0 N–H and O–H groups in total. The number of carbonyl (C=O) groups excluding carboxylic acids is 2. The molecule has 3 aromatic rings. The van der Waals surface area contributed by atoms with Gasteiger partial charge < -0.3 is 0 Å². The summed E-state index contributed by atoms with van der Waals surface area (Å²) < 4.78 is 0. The average Bonchev–Trinajstić information content (AvgIpc) is 2.87. The smallest absolute Gasteiger partial charge is 0.188 e. The summed E-state index contributed by atoms with van der Waals surface area (Å²) in [7, 11) is 0. The number of hydrogen-bond acceptors (Lipinski definition) is 5. The molecule has 5 heteroatoms. The van der Waals surface area contributed by atoms with Crippen molar-refractivity contribution in [2.75, 3.05) is 0 Å². The van der Waals surface area contributed by atoms with E-state index in [0.717, 1.165) is 16.8 Å². The second-order valence-corrected chi connectivity index (χ2v) is 7.94. The second kappa shape index (κ2) is 9.09. The first-order valence-corrected chi connectivity index (χ1v) is 10.8. The Hall–Kier alpha value is -4.25. The predicted molar refractivity (Wildman–Crippen MR) is 128 cm³/mol.